The first-order valence-corrected chi connectivity index (χ1v) is 9.10. The molecule has 0 unspecified atom stereocenters. The SMILES string of the molecule is CCOC(=O)c1ccccc1SSc1ccccc1C(=O)OC. The highest BCUT2D eigenvalue weighted by molar-refractivity contribution is 8.76. The molecule has 0 atom stereocenters. The average molecular weight is 348 g/mol. The van der Waals surface area contributed by atoms with Crippen molar-refractivity contribution in [3.8, 4) is 0 Å². The second-order valence-electron chi connectivity index (χ2n) is 4.37. The molecule has 0 amide bonds. The molecule has 0 heterocycles. The van der Waals surface area contributed by atoms with E-state index in [1.165, 1.54) is 28.7 Å². The molecule has 0 fully saturated rings. The molecular formula is C17H16O4S2. The summed E-state index contributed by atoms with van der Waals surface area (Å²) in [5.74, 6) is -0.732. The van der Waals surface area contributed by atoms with Gasteiger partial charge in [0.25, 0.3) is 0 Å². The van der Waals surface area contributed by atoms with Gasteiger partial charge in [-0.05, 0) is 31.2 Å². The third kappa shape index (κ3) is 4.53. The Labute approximate surface area is 143 Å². The Morgan fingerprint density at radius 3 is 1.83 bits per heavy atom. The Morgan fingerprint density at radius 1 is 0.870 bits per heavy atom. The Kier molecular flexibility index (Phi) is 6.55. The third-order valence-electron chi connectivity index (χ3n) is 2.90. The molecule has 0 aliphatic heterocycles. The van der Waals surface area contributed by atoms with Gasteiger partial charge in [0.2, 0.25) is 0 Å². The fourth-order valence-electron chi connectivity index (χ4n) is 1.82. The van der Waals surface area contributed by atoms with Crippen molar-refractivity contribution in [2.24, 2.45) is 0 Å². The topological polar surface area (TPSA) is 52.6 Å². The summed E-state index contributed by atoms with van der Waals surface area (Å²) in [5.41, 5.74) is 1.02. The third-order valence-corrected chi connectivity index (χ3v) is 5.38. The van der Waals surface area contributed by atoms with E-state index in [4.69, 9.17) is 9.47 Å². The van der Waals surface area contributed by atoms with Crippen LogP contribution in [0.15, 0.2) is 58.3 Å². The molecule has 0 radical (unpaired) electrons. The Hall–Kier alpha value is -1.92. The monoisotopic (exact) mass is 348 g/mol. The van der Waals surface area contributed by atoms with Crippen molar-refractivity contribution in [1.82, 2.24) is 0 Å². The van der Waals surface area contributed by atoms with Crippen LogP contribution in [0.4, 0.5) is 0 Å². The van der Waals surface area contributed by atoms with Crippen molar-refractivity contribution in [3.05, 3.63) is 59.7 Å². The molecule has 0 saturated heterocycles. The average Bonchev–Trinajstić information content (AvgIpc) is 2.60. The van der Waals surface area contributed by atoms with Gasteiger partial charge >= 0.3 is 11.9 Å². The number of hydrogen-bond acceptors (Lipinski definition) is 6. The van der Waals surface area contributed by atoms with E-state index < -0.39 is 0 Å². The lowest BCUT2D eigenvalue weighted by Crippen LogP contribution is -2.05. The van der Waals surface area contributed by atoms with Crippen LogP contribution in [0.1, 0.15) is 27.6 Å². The zero-order valence-corrected chi connectivity index (χ0v) is 14.4. The van der Waals surface area contributed by atoms with Gasteiger partial charge in [-0.1, -0.05) is 45.9 Å². The second kappa shape index (κ2) is 8.64. The minimum Gasteiger partial charge on any atom is -0.465 e. The van der Waals surface area contributed by atoms with E-state index in [2.05, 4.69) is 0 Å². The molecule has 2 aromatic carbocycles. The fraction of sp³-hybridized carbons (Fsp3) is 0.176. The Bertz CT molecular complexity index is 700. The summed E-state index contributed by atoms with van der Waals surface area (Å²) in [4.78, 5) is 25.3. The number of carbonyl (C=O) groups excluding carboxylic acids is 2. The molecule has 120 valence electrons. The van der Waals surface area contributed by atoms with E-state index in [9.17, 15) is 9.59 Å². The van der Waals surface area contributed by atoms with Gasteiger partial charge in [-0.3, -0.25) is 0 Å². The van der Waals surface area contributed by atoms with Crippen LogP contribution in [0, 0.1) is 0 Å². The highest BCUT2D eigenvalue weighted by atomic mass is 33.1. The molecule has 0 aliphatic carbocycles. The lowest BCUT2D eigenvalue weighted by atomic mass is 10.2. The number of carbonyl (C=O) groups is 2. The minimum absolute atomic E-state index is 0.330. The molecule has 23 heavy (non-hydrogen) atoms. The van der Waals surface area contributed by atoms with Gasteiger partial charge < -0.3 is 9.47 Å². The number of esters is 2. The summed E-state index contributed by atoms with van der Waals surface area (Å²) in [5, 5.41) is 0. The molecule has 4 nitrogen and oxygen atoms in total. The summed E-state index contributed by atoms with van der Waals surface area (Å²) in [7, 11) is 4.16. The first-order chi connectivity index (χ1) is 11.2. The van der Waals surface area contributed by atoms with Gasteiger partial charge in [0.15, 0.2) is 0 Å². The van der Waals surface area contributed by atoms with Crippen LogP contribution < -0.4 is 0 Å². The predicted molar refractivity (Wildman–Crippen MR) is 91.9 cm³/mol. The number of rotatable bonds is 6. The quantitative estimate of drug-likeness (QED) is 0.568. The summed E-state index contributed by atoms with van der Waals surface area (Å²) in [6.07, 6.45) is 0. The van der Waals surface area contributed by atoms with Crippen molar-refractivity contribution in [2.45, 2.75) is 16.7 Å². The molecule has 0 saturated carbocycles. The molecule has 0 bridgehead atoms. The van der Waals surface area contributed by atoms with E-state index >= 15 is 0 Å². The Balaban J connectivity index is 2.19. The summed E-state index contributed by atoms with van der Waals surface area (Å²) in [6.45, 7) is 2.10. The first kappa shape index (κ1) is 17.4. The normalized spacial score (nSPS) is 10.2. The first-order valence-electron chi connectivity index (χ1n) is 6.95. The standard InChI is InChI=1S/C17H16O4S2/c1-3-21-17(19)13-9-5-7-11-15(13)23-22-14-10-6-4-8-12(14)16(18)20-2/h4-11H,3H2,1-2H3. The van der Waals surface area contributed by atoms with Crippen LogP contribution in [0.5, 0.6) is 0 Å². The van der Waals surface area contributed by atoms with Crippen molar-refractivity contribution in [1.29, 1.82) is 0 Å². The predicted octanol–water partition coefficient (Wildman–Crippen LogP) is 4.45. The number of hydrogen-bond donors (Lipinski definition) is 0. The summed E-state index contributed by atoms with van der Waals surface area (Å²) in [6, 6.07) is 14.4. The van der Waals surface area contributed by atoms with Crippen molar-refractivity contribution in [3.63, 3.8) is 0 Å². The smallest absolute Gasteiger partial charge is 0.339 e. The molecule has 2 aromatic rings. The molecule has 0 aliphatic rings. The van der Waals surface area contributed by atoms with Crippen LogP contribution in [0.2, 0.25) is 0 Å². The summed E-state index contributed by atoms with van der Waals surface area (Å²) >= 11 is 0. The van der Waals surface area contributed by atoms with Gasteiger partial charge in [0.1, 0.15) is 0 Å². The number of methoxy groups -OCH3 is 1. The maximum atomic E-state index is 12.0. The van der Waals surface area contributed by atoms with Crippen LogP contribution in [0.25, 0.3) is 0 Å². The van der Waals surface area contributed by atoms with Crippen molar-refractivity contribution in [2.75, 3.05) is 13.7 Å². The van der Waals surface area contributed by atoms with Gasteiger partial charge in [-0.15, -0.1) is 0 Å². The van der Waals surface area contributed by atoms with Crippen LogP contribution in [-0.2, 0) is 9.47 Å². The molecule has 0 aromatic heterocycles. The van der Waals surface area contributed by atoms with E-state index in [0.29, 0.717) is 17.7 Å². The van der Waals surface area contributed by atoms with Gasteiger partial charge in [-0.25, -0.2) is 9.59 Å². The number of ether oxygens (including phenoxy) is 2. The van der Waals surface area contributed by atoms with E-state index in [-0.39, 0.29) is 11.9 Å². The van der Waals surface area contributed by atoms with Crippen molar-refractivity contribution < 1.29 is 19.1 Å². The van der Waals surface area contributed by atoms with Gasteiger partial charge in [0.05, 0.1) is 24.8 Å². The van der Waals surface area contributed by atoms with E-state index in [1.54, 1.807) is 31.2 Å². The zero-order valence-electron chi connectivity index (χ0n) is 12.8. The van der Waals surface area contributed by atoms with E-state index in [1.807, 2.05) is 24.3 Å². The van der Waals surface area contributed by atoms with Crippen molar-refractivity contribution >= 4 is 33.5 Å². The molecule has 2 rings (SSSR count). The van der Waals surface area contributed by atoms with Gasteiger partial charge in [-0.2, -0.15) is 0 Å². The summed E-state index contributed by atoms with van der Waals surface area (Å²) < 4.78 is 9.85. The lowest BCUT2D eigenvalue weighted by Gasteiger charge is -2.09. The highest BCUT2D eigenvalue weighted by Gasteiger charge is 2.15. The largest absolute Gasteiger partial charge is 0.465 e. The second-order valence-corrected chi connectivity index (χ2v) is 6.58. The zero-order chi connectivity index (χ0) is 16.7. The minimum atomic E-state index is -0.382. The lowest BCUT2D eigenvalue weighted by molar-refractivity contribution is 0.0521. The highest BCUT2D eigenvalue weighted by Crippen LogP contribution is 2.40. The molecule has 0 N–H and O–H groups in total. The maximum Gasteiger partial charge on any atom is 0.339 e. The molecule has 0 spiro atoms. The van der Waals surface area contributed by atoms with Crippen LogP contribution in [0.3, 0.4) is 0 Å². The van der Waals surface area contributed by atoms with Gasteiger partial charge in [0, 0.05) is 9.79 Å². The van der Waals surface area contributed by atoms with Crippen LogP contribution in [-0.4, -0.2) is 25.7 Å². The fourth-order valence-corrected chi connectivity index (χ4v) is 4.17. The Morgan fingerprint density at radius 2 is 1.35 bits per heavy atom. The molecular weight excluding hydrogens is 332 g/mol. The van der Waals surface area contributed by atoms with Crippen LogP contribution >= 0.6 is 21.6 Å². The molecule has 6 heteroatoms. The maximum absolute atomic E-state index is 12.0. The van der Waals surface area contributed by atoms with E-state index in [0.717, 1.165) is 9.79 Å². The number of benzene rings is 2.